The van der Waals surface area contributed by atoms with E-state index in [4.69, 9.17) is 9.72 Å². The molecule has 0 radical (unpaired) electrons. The van der Waals surface area contributed by atoms with Gasteiger partial charge in [-0.15, -0.1) is 11.3 Å². The molecule has 0 spiro atoms. The largest absolute Gasteiger partial charge is 0.494 e. The number of aryl methyl sites for hydroxylation is 1. The molecule has 3 aromatic rings. The fraction of sp³-hybridized carbons (Fsp3) is 0.429. The van der Waals surface area contributed by atoms with Gasteiger partial charge in [0, 0.05) is 18.2 Å². The Bertz CT molecular complexity index is 1010. The van der Waals surface area contributed by atoms with Crippen LogP contribution in [0.4, 0.5) is 5.69 Å². The minimum absolute atomic E-state index is 0.283. The summed E-state index contributed by atoms with van der Waals surface area (Å²) in [6.45, 7) is 4.09. The van der Waals surface area contributed by atoms with Crippen LogP contribution in [0.2, 0.25) is 0 Å². The van der Waals surface area contributed by atoms with Crippen LogP contribution in [0.25, 0.3) is 10.2 Å². The van der Waals surface area contributed by atoms with Gasteiger partial charge in [0.25, 0.3) is 5.91 Å². The van der Waals surface area contributed by atoms with Gasteiger partial charge in [0.2, 0.25) is 0 Å². The van der Waals surface area contributed by atoms with E-state index in [1.54, 1.807) is 37.6 Å². The number of amides is 1. The van der Waals surface area contributed by atoms with Gasteiger partial charge in [0.05, 0.1) is 28.0 Å². The highest BCUT2D eigenvalue weighted by molar-refractivity contribution is 7.18. The molecule has 1 aliphatic carbocycles. The average molecular weight is 397 g/mol. The van der Waals surface area contributed by atoms with Crippen molar-refractivity contribution in [1.29, 1.82) is 0 Å². The zero-order valence-corrected chi connectivity index (χ0v) is 17.2. The first-order valence-electron chi connectivity index (χ1n) is 9.63. The summed E-state index contributed by atoms with van der Waals surface area (Å²) in [5.41, 5.74) is 1.88. The van der Waals surface area contributed by atoms with Crippen molar-refractivity contribution >= 4 is 33.1 Å². The molecule has 1 aliphatic rings. The molecule has 1 amide bonds. The SMILES string of the molecule is COc1cc2nc(C3CCC(C)CC3)sc2cc1NC(=O)c1ccnc(C)n1. The van der Waals surface area contributed by atoms with Crippen molar-refractivity contribution in [1.82, 2.24) is 15.0 Å². The van der Waals surface area contributed by atoms with Gasteiger partial charge in [-0.05, 0) is 37.8 Å². The highest BCUT2D eigenvalue weighted by Crippen LogP contribution is 2.40. The maximum atomic E-state index is 12.6. The van der Waals surface area contributed by atoms with Crippen molar-refractivity contribution in [2.75, 3.05) is 12.4 Å². The van der Waals surface area contributed by atoms with E-state index in [2.05, 4.69) is 22.2 Å². The number of methoxy groups -OCH3 is 1. The van der Waals surface area contributed by atoms with E-state index in [0.29, 0.717) is 28.9 Å². The van der Waals surface area contributed by atoms with E-state index in [-0.39, 0.29) is 5.91 Å². The number of fused-ring (bicyclic) bond motifs is 1. The molecule has 0 bridgehead atoms. The molecule has 1 aromatic carbocycles. The summed E-state index contributed by atoms with van der Waals surface area (Å²) >= 11 is 1.72. The Hall–Kier alpha value is -2.54. The molecular formula is C21H24N4O2S. The van der Waals surface area contributed by atoms with E-state index in [0.717, 1.165) is 16.1 Å². The Labute approximate surface area is 168 Å². The first-order valence-corrected chi connectivity index (χ1v) is 10.4. The molecule has 7 heteroatoms. The van der Waals surface area contributed by atoms with Crippen LogP contribution in [0.1, 0.15) is 59.8 Å². The predicted octanol–water partition coefficient (Wildman–Crippen LogP) is 4.95. The van der Waals surface area contributed by atoms with E-state index in [9.17, 15) is 4.79 Å². The van der Waals surface area contributed by atoms with Gasteiger partial charge in [-0.1, -0.05) is 19.8 Å². The molecular weight excluding hydrogens is 372 g/mol. The van der Waals surface area contributed by atoms with E-state index in [1.165, 1.54) is 30.7 Å². The Morgan fingerprint density at radius 1 is 1.21 bits per heavy atom. The third kappa shape index (κ3) is 3.85. The average Bonchev–Trinajstić information content (AvgIpc) is 3.10. The Kier molecular flexibility index (Phi) is 5.26. The lowest BCUT2D eigenvalue weighted by Crippen LogP contribution is -2.15. The second kappa shape index (κ2) is 7.83. The first kappa shape index (κ1) is 18.8. The van der Waals surface area contributed by atoms with E-state index in [1.807, 2.05) is 12.1 Å². The second-order valence-electron chi connectivity index (χ2n) is 7.47. The zero-order chi connectivity index (χ0) is 19.7. The first-order chi connectivity index (χ1) is 13.5. The van der Waals surface area contributed by atoms with Crippen molar-refractivity contribution in [3.05, 3.63) is 40.9 Å². The van der Waals surface area contributed by atoms with Crippen molar-refractivity contribution in [2.45, 2.75) is 45.4 Å². The number of thiazole rings is 1. The van der Waals surface area contributed by atoms with E-state index >= 15 is 0 Å². The molecule has 1 N–H and O–H groups in total. The molecule has 146 valence electrons. The number of hydrogen-bond acceptors (Lipinski definition) is 6. The summed E-state index contributed by atoms with van der Waals surface area (Å²) in [6, 6.07) is 5.45. The molecule has 0 saturated heterocycles. The number of carbonyl (C=O) groups is 1. The summed E-state index contributed by atoms with van der Waals surface area (Å²) in [6.07, 6.45) is 6.52. The van der Waals surface area contributed by atoms with Gasteiger partial charge in [0.1, 0.15) is 17.3 Å². The molecule has 6 nitrogen and oxygen atoms in total. The van der Waals surface area contributed by atoms with Crippen LogP contribution in [0.5, 0.6) is 5.75 Å². The van der Waals surface area contributed by atoms with Crippen LogP contribution < -0.4 is 10.1 Å². The summed E-state index contributed by atoms with van der Waals surface area (Å²) in [4.78, 5) is 25.7. The van der Waals surface area contributed by atoms with Gasteiger partial charge in [-0.3, -0.25) is 4.79 Å². The normalized spacial score (nSPS) is 19.5. The molecule has 0 aliphatic heterocycles. The standard InChI is InChI=1S/C21H24N4O2S/c1-12-4-6-14(7-5-12)21-25-17-10-18(27-3)16(11-19(17)28-21)24-20(26)15-8-9-22-13(2)23-15/h8-12,14H,4-7H2,1-3H3,(H,24,26). The summed E-state index contributed by atoms with van der Waals surface area (Å²) in [7, 11) is 1.60. The summed E-state index contributed by atoms with van der Waals surface area (Å²) in [5.74, 6) is 2.23. The molecule has 1 saturated carbocycles. The minimum Gasteiger partial charge on any atom is -0.494 e. The Morgan fingerprint density at radius 3 is 2.71 bits per heavy atom. The van der Waals surface area contributed by atoms with Crippen LogP contribution >= 0.6 is 11.3 Å². The van der Waals surface area contributed by atoms with Gasteiger partial charge in [0.15, 0.2) is 0 Å². The molecule has 4 rings (SSSR count). The third-order valence-corrected chi connectivity index (χ3v) is 6.53. The highest BCUT2D eigenvalue weighted by Gasteiger charge is 2.23. The smallest absolute Gasteiger partial charge is 0.274 e. The fourth-order valence-electron chi connectivity index (χ4n) is 3.69. The van der Waals surface area contributed by atoms with Crippen molar-refractivity contribution in [3.63, 3.8) is 0 Å². The predicted molar refractivity (Wildman–Crippen MR) is 111 cm³/mol. The Balaban J connectivity index is 1.62. The molecule has 2 heterocycles. The molecule has 28 heavy (non-hydrogen) atoms. The number of benzene rings is 1. The number of aromatic nitrogens is 3. The van der Waals surface area contributed by atoms with Gasteiger partial charge < -0.3 is 10.1 Å². The maximum Gasteiger partial charge on any atom is 0.274 e. The number of nitrogens with one attached hydrogen (secondary N) is 1. The van der Waals surface area contributed by atoms with Gasteiger partial charge >= 0.3 is 0 Å². The van der Waals surface area contributed by atoms with Gasteiger partial charge in [-0.25, -0.2) is 15.0 Å². The van der Waals surface area contributed by atoms with Crippen LogP contribution in [0, 0.1) is 12.8 Å². The minimum atomic E-state index is -0.283. The van der Waals surface area contributed by atoms with Crippen molar-refractivity contribution < 1.29 is 9.53 Å². The maximum absolute atomic E-state index is 12.6. The second-order valence-corrected chi connectivity index (χ2v) is 8.53. The number of hydrogen-bond donors (Lipinski definition) is 1. The van der Waals surface area contributed by atoms with Crippen molar-refractivity contribution in [2.24, 2.45) is 5.92 Å². The zero-order valence-electron chi connectivity index (χ0n) is 16.4. The summed E-state index contributed by atoms with van der Waals surface area (Å²) < 4.78 is 6.56. The molecule has 0 unspecified atom stereocenters. The summed E-state index contributed by atoms with van der Waals surface area (Å²) in [5, 5.41) is 4.11. The van der Waals surface area contributed by atoms with Crippen LogP contribution in [-0.2, 0) is 0 Å². The quantitative estimate of drug-likeness (QED) is 0.675. The highest BCUT2D eigenvalue weighted by atomic mass is 32.1. The number of anilines is 1. The van der Waals surface area contributed by atoms with Crippen LogP contribution in [0.15, 0.2) is 24.4 Å². The number of rotatable bonds is 4. The number of carbonyl (C=O) groups excluding carboxylic acids is 1. The van der Waals surface area contributed by atoms with Gasteiger partial charge in [-0.2, -0.15) is 0 Å². The molecule has 1 fully saturated rings. The fourth-order valence-corrected chi connectivity index (χ4v) is 4.85. The molecule has 2 aromatic heterocycles. The monoisotopic (exact) mass is 396 g/mol. The number of nitrogens with zero attached hydrogens (tertiary/aromatic N) is 3. The Morgan fingerprint density at radius 2 is 2.00 bits per heavy atom. The van der Waals surface area contributed by atoms with Crippen molar-refractivity contribution in [3.8, 4) is 5.75 Å². The third-order valence-electron chi connectivity index (χ3n) is 5.35. The lowest BCUT2D eigenvalue weighted by atomic mass is 9.83. The van der Waals surface area contributed by atoms with Crippen LogP contribution in [0.3, 0.4) is 0 Å². The number of ether oxygens (including phenoxy) is 1. The molecule has 0 atom stereocenters. The topological polar surface area (TPSA) is 77.0 Å². The van der Waals surface area contributed by atoms with Crippen LogP contribution in [-0.4, -0.2) is 28.0 Å². The lowest BCUT2D eigenvalue weighted by Gasteiger charge is -2.24. The lowest BCUT2D eigenvalue weighted by molar-refractivity contribution is 0.102. The van der Waals surface area contributed by atoms with E-state index < -0.39 is 0 Å².